The van der Waals surface area contributed by atoms with Gasteiger partial charge in [-0.05, 0) is 24.1 Å². The zero-order chi connectivity index (χ0) is 18.6. The maximum absolute atomic E-state index is 12.4. The Labute approximate surface area is 155 Å². The van der Waals surface area contributed by atoms with Crippen LogP contribution in [-0.2, 0) is 11.2 Å². The van der Waals surface area contributed by atoms with Gasteiger partial charge in [-0.1, -0.05) is 30.3 Å². The van der Waals surface area contributed by atoms with Gasteiger partial charge in [-0.25, -0.2) is 20.4 Å². The summed E-state index contributed by atoms with van der Waals surface area (Å²) in [4.78, 5) is 25.0. The van der Waals surface area contributed by atoms with Gasteiger partial charge in [0, 0.05) is 29.7 Å². The molecular weight excluding hydrogens is 342 g/mol. The predicted octanol–water partition coefficient (Wildman–Crippen LogP) is 2.62. The molecular formula is C20H17N5O2. The van der Waals surface area contributed by atoms with Gasteiger partial charge < -0.3 is 4.40 Å². The molecule has 134 valence electrons. The molecule has 4 aromatic rings. The molecule has 1 aromatic carbocycles. The van der Waals surface area contributed by atoms with Crippen LogP contribution in [0.1, 0.15) is 17.2 Å². The molecule has 4 rings (SSSR count). The smallest absolute Gasteiger partial charge is 0.252 e. The van der Waals surface area contributed by atoms with Gasteiger partial charge in [0.25, 0.3) is 5.91 Å². The van der Waals surface area contributed by atoms with Crippen LogP contribution in [0.15, 0.2) is 73.6 Å². The van der Waals surface area contributed by atoms with Crippen molar-refractivity contribution in [3.63, 3.8) is 0 Å². The average molecular weight is 359 g/mol. The maximum Gasteiger partial charge on any atom is 0.252 e. The number of fused-ring (bicyclic) bond motifs is 1. The summed E-state index contributed by atoms with van der Waals surface area (Å²) in [6, 6.07) is 13.5. The molecule has 0 spiro atoms. The molecule has 1 amide bonds. The largest absolute Gasteiger partial charge is 0.303 e. The third kappa shape index (κ3) is 3.28. The van der Waals surface area contributed by atoms with E-state index in [1.165, 1.54) is 6.33 Å². The van der Waals surface area contributed by atoms with E-state index in [0.717, 1.165) is 16.7 Å². The van der Waals surface area contributed by atoms with Crippen LogP contribution in [0.2, 0.25) is 0 Å². The number of carbonyl (C=O) groups excluding carboxylic acids is 1. The van der Waals surface area contributed by atoms with E-state index in [-0.39, 0.29) is 0 Å². The molecule has 2 N–H and O–H groups in total. The van der Waals surface area contributed by atoms with Crippen molar-refractivity contribution in [2.24, 2.45) is 0 Å². The monoisotopic (exact) mass is 359 g/mol. The normalized spacial score (nSPS) is 12.0. The number of nitrogens with zero attached hydrogens (tertiary/aromatic N) is 4. The minimum absolute atomic E-state index is 0.444. The van der Waals surface area contributed by atoms with Crippen molar-refractivity contribution in [2.75, 3.05) is 0 Å². The van der Waals surface area contributed by atoms with Gasteiger partial charge >= 0.3 is 0 Å². The zero-order valence-corrected chi connectivity index (χ0v) is 14.4. The van der Waals surface area contributed by atoms with Crippen molar-refractivity contribution in [3.8, 4) is 11.1 Å². The van der Waals surface area contributed by atoms with Crippen LogP contribution in [0.25, 0.3) is 16.8 Å². The number of hydroxylamine groups is 1. The molecule has 3 heterocycles. The van der Waals surface area contributed by atoms with E-state index in [9.17, 15) is 10.0 Å². The predicted molar refractivity (Wildman–Crippen MR) is 99.0 cm³/mol. The number of imidazole rings is 1. The molecule has 0 aliphatic carbocycles. The molecule has 0 bridgehead atoms. The number of aromatic nitrogens is 4. The van der Waals surface area contributed by atoms with Crippen molar-refractivity contribution in [2.45, 2.75) is 12.3 Å². The van der Waals surface area contributed by atoms with Crippen LogP contribution in [0.5, 0.6) is 0 Å². The van der Waals surface area contributed by atoms with E-state index >= 15 is 0 Å². The molecule has 0 aliphatic heterocycles. The second-order valence-corrected chi connectivity index (χ2v) is 6.14. The first-order valence-electron chi connectivity index (χ1n) is 8.47. The van der Waals surface area contributed by atoms with Crippen molar-refractivity contribution in [1.82, 2.24) is 24.8 Å². The highest BCUT2D eigenvalue weighted by atomic mass is 16.5. The fourth-order valence-corrected chi connectivity index (χ4v) is 3.21. The number of pyridine rings is 1. The Morgan fingerprint density at radius 2 is 1.85 bits per heavy atom. The lowest BCUT2D eigenvalue weighted by molar-refractivity contribution is -0.130. The molecule has 7 nitrogen and oxygen atoms in total. The van der Waals surface area contributed by atoms with Gasteiger partial charge in [-0.2, -0.15) is 0 Å². The molecule has 0 aliphatic rings. The number of nitrogens with one attached hydrogen (secondary N) is 1. The first-order valence-corrected chi connectivity index (χ1v) is 8.47. The second kappa shape index (κ2) is 7.35. The van der Waals surface area contributed by atoms with Crippen molar-refractivity contribution in [3.05, 3.63) is 84.8 Å². The van der Waals surface area contributed by atoms with Gasteiger partial charge in [-0.3, -0.25) is 10.0 Å². The summed E-state index contributed by atoms with van der Waals surface area (Å²) in [5.74, 6) is -1.07. The maximum atomic E-state index is 12.4. The van der Waals surface area contributed by atoms with Gasteiger partial charge in [0.1, 0.15) is 12.0 Å². The van der Waals surface area contributed by atoms with Gasteiger partial charge in [0.15, 0.2) is 0 Å². The SMILES string of the molecule is O=C(NO)C(Cc1ccccc1)c1cnc2c(-c3cncnc3)cccn12. The molecule has 1 unspecified atom stereocenters. The highest BCUT2D eigenvalue weighted by Crippen LogP contribution is 2.27. The van der Waals surface area contributed by atoms with Crippen molar-refractivity contribution < 1.29 is 10.0 Å². The van der Waals surface area contributed by atoms with Crippen LogP contribution < -0.4 is 5.48 Å². The molecule has 27 heavy (non-hydrogen) atoms. The fraction of sp³-hybridized carbons (Fsp3) is 0.100. The van der Waals surface area contributed by atoms with E-state index in [0.29, 0.717) is 17.8 Å². The Bertz CT molecular complexity index is 1060. The Morgan fingerprint density at radius 1 is 1.07 bits per heavy atom. The number of carbonyl (C=O) groups is 1. The van der Waals surface area contributed by atoms with Crippen molar-refractivity contribution in [1.29, 1.82) is 0 Å². The third-order valence-corrected chi connectivity index (χ3v) is 4.50. The lowest BCUT2D eigenvalue weighted by Gasteiger charge is -2.15. The summed E-state index contributed by atoms with van der Waals surface area (Å²) in [6.45, 7) is 0. The molecule has 7 heteroatoms. The molecule has 0 saturated carbocycles. The minimum Gasteiger partial charge on any atom is -0.303 e. The van der Waals surface area contributed by atoms with Gasteiger partial charge in [0.2, 0.25) is 0 Å². The van der Waals surface area contributed by atoms with Gasteiger partial charge in [-0.15, -0.1) is 0 Å². The fourth-order valence-electron chi connectivity index (χ4n) is 3.21. The molecule has 3 aromatic heterocycles. The zero-order valence-electron chi connectivity index (χ0n) is 14.4. The number of hydrogen-bond donors (Lipinski definition) is 2. The Morgan fingerprint density at radius 3 is 2.59 bits per heavy atom. The number of benzene rings is 1. The summed E-state index contributed by atoms with van der Waals surface area (Å²) in [7, 11) is 0. The summed E-state index contributed by atoms with van der Waals surface area (Å²) >= 11 is 0. The lowest BCUT2D eigenvalue weighted by atomic mass is 9.96. The van der Waals surface area contributed by atoms with E-state index < -0.39 is 11.8 Å². The van der Waals surface area contributed by atoms with Crippen LogP contribution in [-0.4, -0.2) is 30.5 Å². The number of hydrogen-bond acceptors (Lipinski definition) is 5. The number of amides is 1. The third-order valence-electron chi connectivity index (χ3n) is 4.50. The van der Waals surface area contributed by atoms with E-state index in [1.807, 2.05) is 53.1 Å². The van der Waals surface area contributed by atoms with E-state index in [2.05, 4.69) is 15.0 Å². The topological polar surface area (TPSA) is 92.4 Å². The summed E-state index contributed by atoms with van der Waals surface area (Å²) in [5.41, 5.74) is 5.88. The molecule has 1 atom stereocenters. The van der Waals surface area contributed by atoms with E-state index in [1.54, 1.807) is 24.1 Å². The highest BCUT2D eigenvalue weighted by Gasteiger charge is 2.25. The first-order chi connectivity index (χ1) is 13.3. The molecule has 0 saturated heterocycles. The van der Waals surface area contributed by atoms with E-state index in [4.69, 9.17) is 0 Å². The standard InChI is InChI=1S/C20H17N5O2/c26-20(24-27)17(9-14-5-2-1-3-6-14)18-12-23-19-16(7-4-8-25(18)19)15-10-21-13-22-11-15/h1-8,10-13,17,27H,9H2,(H,24,26). The molecule has 0 radical (unpaired) electrons. The quantitative estimate of drug-likeness (QED) is 0.422. The number of rotatable bonds is 5. The summed E-state index contributed by atoms with van der Waals surface area (Å²) < 4.78 is 1.87. The van der Waals surface area contributed by atoms with Crippen molar-refractivity contribution >= 4 is 11.6 Å². The minimum atomic E-state index is -0.588. The lowest BCUT2D eigenvalue weighted by Crippen LogP contribution is -2.28. The second-order valence-electron chi connectivity index (χ2n) is 6.14. The van der Waals surface area contributed by atoms with Crippen LogP contribution in [0, 0.1) is 0 Å². The Balaban J connectivity index is 1.80. The highest BCUT2D eigenvalue weighted by molar-refractivity contribution is 5.84. The summed E-state index contributed by atoms with van der Waals surface area (Å²) in [5, 5.41) is 9.24. The van der Waals surface area contributed by atoms with Gasteiger partial charge in [0.05, 0.1) is 17.8 Å². The summed E-state index contributed by atoms with van der Waals surface area (Å²) in [6.07, 6.45) is 8.89. The Kier molecular flexibility index (Phi) is 4.59. The first kappa shape index (κ1) is 16.9. The average Bonchev–Trinajstić information content (AvgIpc) is 3.17. The van der Waals surface area contributed by atoms with Crippen LogP contribution in [0.4, 0.5) is 0 Å². The van der Waals surface area contributed by atoms with Crippen LogP contribution >= 0.6 is 0 Å². The van der Waals surface area contributed by atoms with Crippen LogP contribution in [0.3, 0.4) is 0 Å². The Hall–Kier alpha value is -3.58. The molecule has 0 fully saturated rings.